The summed E-state index contributed by atoms with van der Waals surface area (Å²) in [5.74, 6) is 0.264. The Labute approximate surface area is 159 Å². The van der Waals surface area contributed by atoms with Gasteiger partial charge in [0.2, 0.25) is 5.91 Å². The number of benzene rings is 1. The van der Waals surface area contributed by atoms with E-state index >= 15 is 0 Å². The Kier molecular flexibility index (Phi) is 5.34. The molecule has 132 valence electrons. The summed E-state index contributed by atoms with van der Waals surface area (Å²) in [5, 5.41) is 0.655. The van der Waals surface area contributed by atoms with E-state index in [0.29, 0.717) is 28.6 Å². The van der Waals surface area contributed by atoms with Crippen molar-refractivity contribution in [2.75, 3.05) is 5.75 Å². The van der Waals surface area contributed by atoms with Crippen LogP contribution in [0.1, 0.15) is 38.8 Å². The first-order chi connectivity index (χ1) is 11.9. The highest BCUT2D eigenvalue weighted by Crippen LogP contribution is 2.40. The molecule has 3 rings (SSSR count). The molecule has 0 radical (unpaired) electrons. The SMILES string of the molecule is CC1=C(C(=O)OC(C)C)[C@H](c2ccc(Br)cc2)N2C(=O)CCSC2=N1. The molecule has 1 saturated heterocycles. The van der Waals surface area contributed by atoms with Crippen LogP contribution in [0.5, 0.6) is 0 Å². The lowest BCUT2D eigenvalue weighted by atomic mass is 9.94. The predicted octanol–water partition coefficient (Wildman–Crippen LogP) is 4.05. The van der Waals surface area contributed by atoms with Gasteiger partial charge in [-0.3, -0.25) is 9.69 Å². The third-order valence-corrected chi connectivity index (χ3v) is 5.44. The van der Waals surface area contributed by atoms with Crippen molar-refractivity contribution in [1.29, 1.82) is 0 Å². The summed E-state index contributed by atoms with van der Waals surface area (Å²) < 4.78 is 6.37. The fourth-order valence-electron chi connectivity index (χ4n) is 2.90. The Bertz CT molecular complexity index is 771. The fraction of sp³-hybridized carbons (Fsp3) is 0.389. The standard InChI is InChI=1S/C18H19BrN2O3S/c1-10(2)24-17(23)15-11(3)20-18-21(14(22)8-9-25-18)16(15)12-4-6-13(19)7-5-12/h4-7,10,16H,8-9H2,1-3H3/t16-/m0/s1. The van der Waals surface area contributed by atoms with Crippen LogP contribution < -0.4 is 0 Å². The lowest BCUT2D eigenvalue weighted by Gasteiger charge is -2.39. The third kappa shape index (κ3) is 3.67. The van der Waals surface area contributed by atoms with Crippen molar-refractivity contribution in [3.05, 3.63) is 45.6 Å². The summed E-state index contributed by atoms with van der Waals surface area (Å²) in [6.45, 7) is 5.41. The number of amides is 1. The van der Waals surface area contributed by atoms with E-state index in [4.69, 9.17) is 4.74 Å². The number of halogens is 1. The number of amidine groups is 1. The third-order valence-electron chi connectivity index (χ3n) is 3.96. The van der Waals surface area contributed by atoms with Gasteiger partial charge < -0.3 is 4.74 Å². The minimum absolute atomic E-state index is 0.0206. The maximum atomic E-state index is 12.7. The molecule has 0 aliphatic carbocycles. The Balaban J connectivity index is 2.12. The number of carbonyl (C=O) groups is 2. The van der Waals surface area contributed by atoms with Crippen molar-refractivity contribution < 1.29 is 14.3 Å². The van der Waals surface area contributed by atoms with Crippen molar-refractivity contribution in [2.24, 2.45) is 4.99 Å². The molecule has 25 heavy (non-hydrogen) atoms. The zero-order valence-electron chi connectivity index (χ0n) is 14.3. The van der Waals surface area contributed by atoms with Gasteiger partial charge in [-0.05, 0) is 38.5 Å². The Hall–Kier alpha value is -1.60. The average molecular weight is 423 g/mol. The van der Waals surface area contributed by atoms with Crippen LogP contribution in [0.15, 0.2) is 45.0 Å². The molecule has 1 fully saturated rings. The number of hydrogen-bond acceptors (Lipinski definition) is 5. The number of allylic oxidation sites excluding steroid dienone is 1. The topological polar surface area (TPSA) is 59.0 Å². The maximum Gasteiger partial charge on any atom is 0.338 e. The number of thioether (sulfide) groups is 1. The van der Waals surface area contributed by atoms with E-state index in [1.807, 2.05) is 38.1 Å². The molecule has 0 aromatic heterocycles. The number of carbonyl (C=O) groups excluding carboxylic acids is 2. The number of ether oxygens (including phenoxy) is 1. The van der Waals surface area contributed by atoms with Crippen LogP contribution in [0.4, 0.5) is 0 Å². The van der Waals surface area contributed by atoms with E-state index in [2.05, 4.69) is 20.9 Å². The van der Waals surface area contributed by atoms with Crippen LogP contribution in [0.25, 0.3) is 0 Å². The molecule has 1 aromatic carbocycles. The Morgan fingerprint density at radius 2 is 2.04 bits per heavy atom. The second-order valence-electron chi connectivity index (χ2n) is 6.16. The number of aliphatic imine (C=N–C) groups is 1. The minimum Gasteiger partial charge on any atom is -0.459 e. The number of hydrogen-bond donors (Lipinski definition) is 0. The summed E-state index contributed by atoms with van der Waals surface area (Å²) in [6.07, 6.45) is 0.192. The zero-order valence-corrected chi connectivity index (χ0v) is 16.7. The lowest BCUT2D eigenvalue weighted by Crippen LogP contribution is -2.46. The molecule has 2 heterocycles. The molecule has 1 aromatic rings. The molecule has 2 aliphatic heterocycles. The lowest BCUT2D eigenvalue weighted by molar-refractivity contribution is -0.143. The first kappa shape index (κ1) is 18.2. The van der Waals surface area contributed by atoms with Crippen LogP contribution in [0.2, 0.25) is 0 Å². The van der Waals surface area contributed by atoms with E-state index < -0.39 is 12.0 Å². The molecule has 0 N–H and O–H groups in total. The fourth-order valence-corrected chi connectivity index (χ4v) is 4.17. The van der Waals surface area contributed by atoms with Gasteiger partial charge in [-0.15, -0.1) is 0 Å². The minimum atomic E-state index is -0.507. The molecule has 5 nitrogen and oxygen atoms in total. The zero-order chi connectivity index (χ0) is 18.1. The van der Waals surface area contributed by atoms with Crippen molar-refractivity contribution in [2.45, 2.75) is 39.3 Å². The number of rotatable bonds is 3. The maximum absolute atomic E-state index is 12.7. The second kappa shape index (κ2) is 7.33. The predicted molar refractivity (Wildman–Crippen MR) is 102 cm³/mol. The quantitative estimate of drug-likeness (QED) is 0.689. The molecule has 0 unspecified atom stereocenters. The van der Waals surface area contributed by atoms with Gasteiger partial charge >= 0.3 is 5.97 Å². The monoisotopic (exact) mass is 422 g/mol. The molecule has 0 spiro atoms. The van der Waals surface area contributed by atoms with Crippen molar-refractivity contribution >= 4 is 44.7 Å². The molecular formula is C18H19BrN2O3S. The summed E-state index contributed by atoms with van der Waals surface area (Å²) in [7, 11) is 0. The van der Waals surface area contributed by atoms with Crippen LogP contribution in [-0.2, 0) is 14.3 Å². The highest BCUT2D eigenvalue weighted by Gasteiger charge is 2.41. The van der Waals surface area contributed by atoms with Crippen LogP contribution in [-0.4, -0.2) is 33.8 Å². The van der Waals surface area contributed by atoms with Crippen molar-refractivity contribution in [3.8, 4) is 0 Å². The van der Waals surface area contributed by atoms with Gasteiger partial charge in [0.1, 0.15) is 0 Å². The first-order valence-electron chi connectivity index (χ1n) is 8.09. The van der Waals surface area contributed by atoms with Crippen LogP contribution in [0, 0.1) is 0 Å². The summed E-state index contributed by atoms with van der Waals surface area (Å²) >= 11 is 4.97. The highest BCUT2D eigenvalue weighted by atomic mass is 79.9. The average Bonchev–Trinajstić information content (AvgIpc) is 2.53. The smallest absolute Gasteiger partial charge is 0.338 e. The molecule has 1 atom stereocenters. The summed E-state index contributed by atoms with van der Waals surface area (Å²) in [4.78, 5) is 31.5. The molecule has 0 bridgehead atoms. The Morgan fingerprint density at radius 3 is 2.68 bits per heavy atom. The van der Waals surface area contributed by atoms with Gasteiger partial charge in [-0.2, -0.15) is 0 Å². The number of fused-ring (bicyclic) bond motifs is 1. The largest absolute Gasteiger partial charge is 0.459 e. The van der Waals surface area contributed by atoms with Crippen molar-refractivity contribution in [1.82, 2.24) is 4.90 Å². The second-order valence-corrected chi connectivity index (χ2v) is 8.14. The highest BCUT2D eigenvalue weighted by molar-refractivity contribution is 9.10. The van der Waals surface area contributed by atoms with E-state index in [1.165, 1.54) is 0 Å². The van der Waals surface area contributed by atoms with Gasteiger partial charge in [-0.1, -0.05) is 39.8 Å². The van der Waals surface area contributed by atoms with Gasteiger partial charge in [0.15, 0.2) is 5.17 Å². The molecule has 1 amide bonds. The molecule has 2 aliphatic rings. The van der Waals surface area contributed by atoms with Gasteiger partial charge in [0.25, 0.3) is 0 Å². The normalized spacial score (nSPS) is 20.5. The van der Waals surface area contributed by atoms with E-state index in [-0.39, 0.29) is 12.0 Å². The van der Waals surface area contributed by atoms with Gasteiger partial charge in [0, 0.05) is 16.6 Å². The first-order valence-corrected chi connectivity index (χ1v) is 9.87. The van der Waals surface area contributed by atoms with E-state index in [9.17, 15) is 9.59 Å². The number of esters is 1. The molecule has 7 heteroatoms. The van der Waals surface area contributed by atoms with Crippen LogP contribution >= 0.6 is 27.7 Å². The summed E-state index contributed by atoms with van der Waals surface area (Å²) in [5.41, 5.74) is 1.89. The van der Waals surface area contributed by atoms with Gasteiger partial charge in [-0.25, -0.2) is 9.79 Å². The summed E-state index contributed by atoms with van der Waals surface area (Å²) in [6, 6.07) is 7.14. The number of nitrogens with zero attached hydrogens (tertiary/aromatic N) is 2. The Morgan fingerprint density at radius 1 is 1.36 bits per heavy atom. The van der Waals surface area contributed by atoms with Crippen molar-refractivity contribution in [3.63, 3.8) is 0 Å². The molecule has 0 saturated carbocycles. The van der Waals surface area contributed by atoms with Crippen LogP contribution in [0.3, 0.4) is 0 Å². The van der Waals surface area contributed by atoms with Gasteiger partial charge in [0.05, 0.1) is 23.4 Å². The van der Waals surface area contributed by atoms with E-state index in [0.717, 1.165) is 10.0 Å². The molecular weight excluding hydrogens is 404 g/mol. The van der Waals surface area contributed by atoms with E-state index in [1.54, 1.807) is 23.6 Å².